The minimum atomic E-state index is -0.109. The van der Waals surface area contributed by atoms with Gasteiger partial charge >= 0.3 is 0 Å². The molecule has 0 spiro atoms. The quantitative estimate of drug-likeness (QED) is 0.424. The highest BCUT2D eigenvalue weighted by Gasteiger charge is 2.24. The number of furan rings is 1. The summed E-state index contributed by atoms with van der Waals surface area (Å²) in [5, 5.41) is 1.17. The lowest BCUT2D eigenvalue weighted by Crippen LogP contribution is -2.30. The lowest BCUT2D eigenvalue weighted by atomic mass is 10.0. The van der Waals surface area contributed by atoms with Crippen LogP contribution in [0.1, 0.15) is 27.2 Å². The number of para-hydroxylation sites is 1. The Morgan fingerprint density at radius 2 is 2.04 bits per heavy atom. The summed E-state index contributed by atoms with van der Waals surface area (Å²) in [5.41, 5.74) is 3.33. The lowest BCUT2D eigenvalue weighted by molar-refractivity contribution is 0.0982. The number of hydrogen-bond acceptors (Lipinski definition) is 4. The second-order valence-electron chi connectivity index (χ2n) is 6.37. The van der Waals surface area contributed by atoms with Gasteiger partial charge in [-0.25, -0.2) is 4.98 Å². The molecule has 0 unspecified atom stereocenters. The van der Waals surface area contributed by atoms with Crippen molar-refractivity contribution in [2.75, 3.05) is 4.90 Å². The van der Waals surface area contributed by atoms with E-state index in [1.165, 1.54) is 11.3 Å². The first-order valence-corrected chi connectivity index (χ1v) is 9.69. The topological polar surface area (TPSA) is 46.3 Å². The Bertz CT molecular complexity index is 1120. The smallest absolute Gasteiger partial charge is 0.260 e. The minimum Gasteiger partial charge on any atom is -0.467 e. The maximum Gasteiger partial charge on any atom is 0.260 e. The van der Waals surface area contributed by atoms with Crippen LogP contribution in [0.25, 0.3) is 10.2 Å². The minimum absolute atomic E-state index is 0.109. The van der Waals surface area contributed by atoms with Crippen LogP contribution in [0.15, 0.2) is 59.2 Å². The number of anilines is 1. The Labute approximate surface area is 166 Å². The largest absolute Gasteiger partial charge is 0.467 e. The summed E-state index contributed by atoms with van der Waals surface area (Å²) in [4.78, 5) is 19.7. The van der Waals surface area contributed by atoms with Gasteiger partial charge in [0, 0.05) is 5.56 Å². The van der Waals surface area contributed by atoms with E-state index in [0.717, 1.165) is 15.8 Å². The van der Waals surface area contributed by atoms with Gasteiger partial charge in [0.05, 0.1) is 22.5 Å². The van der Waals surface area contributed by atoms with Crippen molar-refractivity contribution in [2.45, 2.75) is 20.4 Å². The van der Waals surface area contributed by atoms with Crippen LogP contribution in [0.5, 0.6) is 0 Å². The number of carbonyl (C=O) groups excluding carboxylic acids is 1. The van der Waals surface area contributed by atoms with Gasteiger partial charge in [0.1, 0.15) is 11.3 Å². The first-order valence-electron chi connectivity index (χ1n) is 8.49. The average molecular weight is 397 g/mol. The Balaban J connectivity index is 1.81. The van der Waals surface area contributed by atoms with E-state index in [4.69, 9.17) is 16.0 Å². The molecule has 0 saturated heterocycles. The van der Waals surface area contributed by atoms with Gasteiger partial charge < -0.3 is 4.42 Å². The van der Waals surface area contributed by atoms with Crippen molar-refractivity contribution in [1.82, 2.24) is 4.98 Å². The van der Waals surface area contributed by atoms with Gasteiger partial charge in [-0.05, 0) is 49.7 Å². The molecule has 0 aliphatic rings. The fourth-order valence-electron chi connectivity index (χ4n) is 2.92. The summed E-state index contributed by atoms with van der Waals surface area (Å²) in [7, 11) is 0. The van der Waals surface area contributed by atoms with Crippen LogP contribution in [0.4, 0.5) is 5.13 Å². The van der Waals surface area contributed by atoms with Gasteiger partial charge in [0.15, 0.2) is 5.13 Å². The second kappa shape index (κ2) is 7.18. The van der Waals surface area contributed by atoms with E-state index < -0.39 is 0 Å². The van der Waals surface area contributed by atoms with Crippen LogP contribution in [0, 0.1) is 13.8 Å². The number of amides is 1. The van der Waals surface area contributed by atoms with Gasteiger partial charge in [-0.2, -0.15) is 0 Å². The second-order valence-corrected chi connectivity index (χ2v) is 7.79. The van der Waals surface area contributed by atoms with Crippen molar-refractivity contribution >= 4 is 44.2 Å². The van der Waals surface area contributed by atoms with E-state index >= 15 is 0 Å². The van der Waals surface area contributed by atoms with E-state index in [2.05, 4.69) is 4.98 Å². The number of halogens is 1. The Kier molecular flexibility index (Phi) is 4.72. The number of aromatic nitrogens is 1. The van der Waals surface area contributed by atoms with Gasteiger partial charge in [-0.3, -0.25) is 9.69 Å². The molecule has 0 saturated carbocycles. The van der Waals surface area contributed by atoms with E-state index in [9.17, 15) is 4.79 Å². The third-order valence-electron chi connectivity index (χ3n) is 4.35. The van der Waals surface area contributed by atoms with Gasteiger partial charge in [0.2, 0.25) is 0 Å². The third-order valence-corrected chi connectivity index (χ3v) is 5.70. The van der Waals surface area contributed by atoms with Crippen LogP contribution in [0.3, 0.4) is 0 Å². The first kappa shape index (κ1) is 17.8. The molecule has 6 heteroatoms. The van der Waals surface area contributed by atoms with Crippen molar-refractivity contribution in [3.63, 3.8) is 0 Å². The fourth-order valence-corrected chi connectivity index (χ4v) is 4.18. The van der Waals surface area contributed by atoms with E-state index in [0.29, 0.717) is 33.5 Å². The summed E-state index contributed by atoms with van der Waals surface area (Å²) in [6, 6.07) is 15.2. The highest BCUT2D eigenvalue weighted by Crippen LogP contribution is 2.34. The molecule has 0 bridgehead atoms. The van der Waals surface area contributed by atoms with Crippen LogP contribution >= 0.6 is 22.9 Å². The SMILES string of the molecule is Cc1ccc(C)c(C(=O)N(Cc2ccco2)c2nc3c(Cl)cccc3s2)c1. The zero-order valence-electron chi connectivity index (χ0n) is 14.9. The number of rotatable bonds is 4. The Morgan fingerprint density at radius 3 is 2.78 bits per heavy atom. The van der Waals surface area contributed by atoms with Crippen LogP contribution in [0.2, 0.25) is 5.02 Å². The molecular formula is C21H17ClN2O2S. The average Bonchev–Trinajstić information content (AvgIpc) is 3.31. The molecule has 0 radical (unpaired) electrons. The van der Waals surface area contributed by atoms with E-state index in [1.807, 2.05) is 56.3 Å². The van der Waals surface area contributed by atoms with Crippen LogP contribution in [-0.2, 0) is 6.54 Å². The molecule has 0 aliphatic heterocycles. The molecule has 1 amide bonds. The third kappa shape index (κ3) is 3.48. The van der Waals surface area contributed by atoms with Crippen molar-refractivity contribution in [3.05, 3.63) is 82.3 Å². The molecule has 0 atom stereocenters. The molecule has 136 valence electrons. The molecule has 0 N–H and O–H groups in total. The van der Waals surface area contributed by atoms with E-state index in [-0.39, 0.29) is 5.91 Å². The van der Waals surface area contributed by atoms with Crippen molar-refractivity contribution in [2.24, 2.45) is 0 Å². The molecule has 2 heterocycles. The van der Waals surface area contributed by atoms with Crippen LogP contribution in [-0.4, -0.2) is 10.9 Å². The summed E-state index contributed by atoms with van der Waals surface area (Å²) in [6.07, 6.45) is 1.60. The predicted octanol–water partition coefficient (Wildman–Crippen LogP) is 6.01. The molecule has 4 nitrogen and oxygen atoms in total. The number of benzene rings is 2. The molecule has 2 aromatic heterocycles. The number of hydrogen-bond donors (Lipinski definition) is 0. The molecular weight excluding hydrogens is 380 g/mol. The highest BCUT2D eigenvalue weighted by molar-refractivity contribution is 7.22. The number of thiazole rings is 1. The van der Waals surface area contributed by atoms with E-state index in [1.54, 1.807) is 17.2 Å². The molecule has 27 heavy (non-hydrogen) atoms. The first-order chi connectivity index (χ1) is 13.0. The summed E-state index contributed by atoms with van der Waals surface area (Å²) >= 11 is 7.72. The van der Waals surface area contributed by atoms with Crippen molar-refractivity contribution in [3.8, 4) is 0 Å². The Morgan fingerprint density at radius 1 is 1.19 bits per heavy atom. The van der Waals surface area contributed by atoms with Crippen molar-refractivity contribution in [1.29, 1.82) is 0 Å². The zero-order chi connectivity index (χ0) is 19.0. The normalized spacial score (nSPS) is 11.1. The number of carbonyl (C=O) groups is 1. The molecule has 2 aromatic carbocycles. The van der Waals surface area contributed by atoms with Crippen LogP contribution < -0.4 is 4.90 Å². The lowest BCUT2D eigenvalue weighted by Gasteiger charge is -2.20. The Hall–Kier alpha value is -2.63. The molecule has 4 rings (SSSR count). The number of aryl methyl sites for hydroxylation is 2. The zero-order valence-corrected chi connectivity index (χ0v) is 16.5. The summed E-state index contributed by atoms with van der Waals surface area (Å²) in [6.45, 7) is 4.22. The maximum atomic E-state index is 13.4. The molecule has 0 fully saturated rings. The molecule has 0 aliphatic carbocycles. The van der Waals surface area contributed by atoms with Gasteiger partial charge in [0.25, 0.3) is 5.91 Å². The summed E-state index contributed by atoms with van der Waals surface area (Å²) < 4.78 is 6.42. The monoisotopic (exact) mass is 396 g/mol. The maximum absolute atomic E-state index is 13.4. The molecule has 4 aromatic rings. The highest BCUT2D eigenvalue weighted by atomic mass is 35.5. The van der Waals surface area contributed by atoms with Gasteiger partial charge in [-0.1, -0.05) is 46.7 Å². The fraction of sp³-hybridized carbons (Fsp3) is 0.143. The summed E-state index contributed by atoms with van der Waals surface area (Å²) in [5.74, 6) is 0.585. The predicted molar refractivity (Wildman–Crippen MR) is 110 cm³/mol. The van der Waals surface area contributed by atoms with Gasteiger partial charge in [-0.15, -0.1) is 0 Å². The number of fused-ring (bicyclic) bond motifs is 1. The van der Waals surface area contributed by atoms with Crippen molar-refractivity contribution < 1.29 is 9.21 Å². The standard InChI is InChI=1S/C21H17ClN2O2S/c1-13-8-9-14(2)16(11-13)20(25)24(12-15-5-4-10-26-15)21-23-19-17(22)6-3-7-18(19)27-21/h3-11H,12H2,1-2H3. The number of nitrogens with zero attached hydrogens (tertiary/aromatic N) is 2.